The van der Waals surface area contributed by atoms with Crippen LogP contribution in [0.3, 0.4) is 0 Å². The molecule has 162 valence electrons. The van der Waals surface area contributed by atoms with E-state index in [0.29, 0.717) is 26.3 Å². The Morgan fingerprint density at radius 3 is 2.53 bits per heavy atom. The fraction of sp³-hybridized carbons (Fsp3) is 0.0435. The minimum absolute atomic E-state index is 0.234. The second-order valence-corrected chi connectivity index (χ2v) is 7.90. The van der Waals surface area contributed by atoms with Gasteiger partial charge in [0.2, 0.25) is 0 Å². The van der Waals surface area contributed by atoms with Crippen molar-refractivity contribution in [2.75, 3.05) is 5.32 Å². The molecule has 0 aromatic heterocycles. The first-order valence-corrected chi connectivity index (χ1v) is 10.5. The minimum atomic E-state index is -0.991. The molecule has 0 radical (unpaired) electrons. The lowest BCUT2D eigenvalue weighted by Gasteiger charge is -2.08. The molecule has 0 spiro atoms. The Balaban J connectivity index is 1.68. The molecule has 3 aromatic rings. The van der Waals surface area contributed by atoms with E-state index in [1.807, 2.05) is 13.0 Å². The highest BCUT2D eigenvalue weighted by atomic mass is 79.9. The number of amides is 2. The number of para-hydroxylation sites is 1. The zero-order valence-corrected chi connectivity index (χ0v) is 19.1. The van der Waals surface area contributed by atoms with Crippen LogP contribution in [0, 0.1) is 6.92 Å². The summed E-state index contributed by atoms with van der Waals surface area (Å²) in [5, 5.41) is 6.48. The first kappa shape index (κ1) is 23.2. The lowest BCUT2D eigenvalue weighted by Crippen LogP contribution is -2.32. The number of nitrogens with zero attached hydrogens (tertiary/aromatic N) is 1. The van der Waals surface area contributed by atoms with Crippen molar-refractivity contribution in [1.29, 1.82) is 0 Å². The monoisotopic (exact) mass is 513 g/mol. The quantitative estimate of drug-likeness (QED) is 0.169. The summed E-state index contributed by atoms with van der Waals surface area (Å²) in [4.78, 5) is 36.5. The fourth-order valence-electron chi connectivity index (χ4n) is 2.60. The summed E-state index contributed by atoms with van der Waals surface area (Å²) in [5.74, 6) is -2.22. The molecule has 7 nitrogen and oxygen atoms in total. The molecule has 3 rings (SSSR count). The fourth-order valence-corrected chi connectivity index (χ4v) is 3.16. The second kappa shape index (κ2) is 10.7. The molecule has 0 unspecified atom stereocenters. The van der Waals surface area contributed by atoms with Crippen molar-refractivity contribution in [2.24, 2.45) is 5.10 Å². The van der Waals surface area contributed by atoms with Gasteiger partial charge < -0.3 is 10.1 Å². The standard InChI is InChI=1S/C23H17BrClN3O4/c1-14-5-4-6-15(11-14)23(31)32-20-10-9-17(24)12-16(20)13-26-28-22(30)21(29)27-19-8-3-2-7-18(19)25/h2-13H,1H3,(H,27,29)(H,28,30)/b26-13-. The molecule has 0 fully saturated rings. The Morgan fingerprint density at radius 2 is 1.78 bits per heavy atom. The van der Waals surface area contributed by atoms with Gasteiger partial charge in [0.1, 0.15) is 5.75 Å². The summed E-state index contributed by atoms with van der Waals surface area (Å²) in [6.07, 6.45) is 1.27. The number of rotatable bonds is 5. The Morgan fingerprint density at radius 1 is 1.00 bits per heavy atom. The number of carbonyl (C=O) groups excluding carboxylic acids is 3. The van der Waals surface area contributed by atoms with E-state index in [9.17, 15) is 14.4 Å². The average molecular weight is 515 g/mol. The summed E-state index contributed by atoms with van der Waals surface area (Å²) in [6.45, 7) is 1.87. The van der Waals surface area contributed by atoms with Crippen molar-refractivity contribution in [3.05, 3.63) is 92.9 Å². The molecule has 0 saturated carbocycles. The van der Waals surface area contributed by atoms with E-state index in [2.05, 4.69) is 31.8 Å². The average Bonchev–Trinajstić information content (AvgIpc) is 2.77. The first-order valence-electron chi connectivity index (χ1n) is 9.31. The van der Waals surface area contributed by atoms with Gasteiger partial charge in [-0.25, -0.2) is 10.2 Å². The summed E-state index contributed by atoms with van der Waals surface area (Å²) < 4.78 is 6.19. The molecular weight excluding hydrogens is 498 g/mol. The maximum Gasteiger partial charge on any atom is 0.343 e. The first-order chi connectivity index (χ1) is 15.3. The molecule has 0 aliphatic carbocycles. The highest BCUT2D eigenvalue weighted by molar-refractivity contribution is 9.10. The highest BCUT2D eigenvalue weighted by Gasteiger charge is 2.15. The maximum atomic E-state index is 12.5. The van der Waals surface area contributed by atoms with Crippen LogP contribution in [0.15, 0.2) is 76.3 Å². The lowest BCUT2D eigenvalue weighted by molar-refractivity contribution is -0.136. The van der Waals surface area contributed by atoms with Gasteiger partial charge in [-0.3, -0.25) is 9.59 Å². The van der Waals surface area contributed by atoms with Crippen molar-refractivity contribution in [2.45, 2.75) is 6.92 Å². The molecule has 32 heavy (non-hydrogen) atoms. The van der Waals surface area contributed by atoms with E-state index in [-0.39, 0.29) is 5.75 Å². The number of carbonyl (C=O) groups is 3. The van der Waals surface area contributed by atoms with Crippen LogP contribution >= 0.6 is 27.5 Å². The Kier molecular flexibility index (Phi) is 7.75. The van der Waals surface area contributed by atoms with Gasteiger partial charge in [-0.05, 0) is 49.4 Å². The summed E-state index contributed by atoms with van der Waals surface area (Å²) >= 11 is 9.30. The minimum Gasteiger partial charge on any atom is -0.422 e. The lowest BCUT2D eigenvalue weighted by atomic mass is 10.1. The summed E-state index contributed by atoms with van der Waals surface area (Å²) in [6, 6.07) is 18.5. The zero-order valence-electron chi connectivity index (χ0n) is 16.8. The van der Waals surface area contributed by atoms with Crippen LogP contribution in [0.1, 0.15) is 21.5 Å². The molecule has 0 bridgehead atoms. The molecule has 2 N–H and O–H groups in total. The third-order valence-electron chi connectivity index (χ3n) is 4.13. The van der Waals surface area contributed by atoms with Crippen LogP contribution < -0.4 is 15.5 Å². The third kappa shape index (κ3) is 6.26. The van der Waals surface area contributed by atoms with Crippen molar-refractivity contribution in [3.63, 3.8) is 0 Å². The number of esters is 1. The number of nitrogens with one attached hydrogen (secondary N) is 2. The predicted molar refractivity (Wildman–Crippen MR) is 126 cm³/mol. The third-order valence-corrected chi connectivity index (χ3v) is 4.95. The molecule has 3 aromatic carbocycles. The molecule has 0 aliphatic rings. The van der Waals surface area contributed by atoms with Crippen molar-refractivity contribution in [1.82, 2.24) is 5.43 Å². The van der Waals surface area contributed by atoms with Crippen LogP contribution in [0.25, 0.3) is 0 Å². The van der Waals surface area contributed by atoms with Crippen LogP contribution in [0.5, 0.6) is 5.75 Å². The number of hydrazone groups is 1. The van der Waals surface area contributed by atoms with E-state index >= 15 is 0 Å². The zero-order chi connectivity index (χ0) is 23.1. The predicted octanol–water partition coefficient (Wildman–Crippen LogP) is 4.72. The molecule has 0 atom stereocenters. The van der Waals surface area contributed by atoms with Gasteiger partial charge in [0, 0.05) is 10.0 Å². The van der Waals surface area contributed by atoms with Gasteiger partial charge in [0.05, 0.1) is 22.5 Å². The number of halogens is 2. The molecule has 0 heterocycles. The van der Waals surface area contributed by atoms with Crippen molar-refractivity contribution >= 4 is 57.2 Å². The van der Waals surface area contributed by atoms with Crippen molar-refractivity contribution < 1.29 is 19.1 Å². The van der Waals surface area contributed by atoms with Gasteiger partial charge in [-0.2, -0.15) is 5.10 Å². The Hall–Kier alpha value is -3.49. The molecular formula is C23H17BrClN3O4. The van der Waals surface area contributed by atoms with Crippen LogP contribution in [0.2, 0.25) is 5.02 Å². The van der Waals surface area contributed by atoms with E-state index < -0.39 is 17.8 Å². The highest BCUT2D eigenvalue weighted by Crippen LogP contribution is 2.23. The Bertz CT molecular complexity index is 1210. The van der Waals surface area contributed by atoms with Crippen molar-refractivity contribution in [3.8, 4) is 5.75 Å². The van der Waals surface area contributed by atoms with E-state index in [1.54, 1.807) is 60.7 Å². The number of ether oxygens (including phenoxy) is 1. The molecule has 0 saturated heterocycles. The smallest absolute Gasteiger partial charge is 0.343 e. The summed E-state index contributed by atoms with van der Waals surface area (Å²) in [5.41, 5.74) is 4.17. The number of hydrogen-bond donors (Lipinski definition) is 2. The van der Waals surface area contributed by atoms with E-state index in [4.69, 9.17) is 16.3 Å². The number of hydrogen-bond acceptors (Lipinski definition) is 5. The summed E-state index contributed by atoms with van der Waals surface area (Å²) in [7, 11) is 0. The molecule has 2 amide bonds. The van der Waals surface area contributed by atoms with E-state index in [1.165, 1.54) is 6.21 Å². The van der Waals surface area contributed by atoms with Gasteiger partial charge in [-0.15, -0.1) is 0 Å². The SMILES string of the molecule is Cc1cccc(C(=O)Oc2ccc(Br)cc2/C=N\NC(=O)C(=O)Nc2ccccc2Cl)c1. The van der Waals surface area contributed by atoms with Gasteiger partial charge in [0.25, 0.3) is 0 Å². The second-order valence-electron chi connectivity index (χ2n) is 6.57. The van der Waals surface area contributed by atoms with Crippen LogP contribution in [0.4, 0.5) is 5.69 Å². The van der Waals surface area contributed by atoms with Gasteiger partial charge >= 0.3 is 17.8 Å². The molecule has 9 heteroatoms. The van der Waals surface area contributed by atoms with E-state index in [0.717, 1.165) is 5.56 Å². The Labute approximate surface area is 197 Å². The van der Waals surface area contributed by atoms with Gasteiger partial charge in [-0.1, -0.05) is 57.4 Å². The van der Waals surface area contributed by atoms with Crippen LogP contribution in [-0.4, -0.2) is 24.0 Å². The van der Waals surface area contributed by atoms with Gasteiger partial charge in [0.15, 0.2) is 0 Å². The number of benzene rings is 3. The number of anilines is 1. The topological polar surface area (TPSA) is 96.9 Å². The largest absolute Gasteiger partial charge is 0.422 e. The molecule has 0 aliphatic heterocycles. The normalized spacial score (nSPS) is 10.6. The van der Waals surface area contributed by atoms with Crippen LogP contribution in [-0.2, 0) is 9.59 Å². The maximum absolute atomic E-state index is 12.5. The number of aryl methyl sites for hydroxylation is 1.